The van der Waals surface area contributed by atoms with Gasteiger partial charge in [-0.1, -0.05) is 45.1 Å². The van der Waals surface area contributed by atoms with Crippen LogP contribution in [0, 0.1) is 12.8 Å². The summed E-state index contributed by atoms with van der Waals surface area (Å²) >= 11 is 0. The third-order valence-electron chi connectivity index (χ3n) is 4.49. The van der Waals surface area contributed by atoms with Crippen LogP contribution < -0.4 is 5.32 Å². The van der Waals surface area contributed by atoms with E-state index in [0.29, 0.717) is 6.04 Å². The van der Waals surface area contributed by atoms with E-state index in [0.717, 1.165) is 12.5 Å². The minimum Gasteiger partial charge on any atom is -0.310 e. The van der Waals surface area contributed by atoms with Crippen LogP contribution in [-0.4, -0.2) is 11.5 Å². The highest BCUT2D eigenvalue weighted by atomic mass is 14.9. The zero-order valence-corrected chi connectivity index (χ0v) is 13.2. The fourth-order valence-corrected chi connectivity index (χ4v) is 3.43. The summed E-state index contributed by atoms with van der Waals surface area (Å²) in [5.74, 6) is 0.783. The molecule has 1 aliphatic carbocycles. The molecule has 0 bridgehead atoms. The van der Waals surface area contributed by atoms with Crippen molar-refractivity contribution < 1.29 is 0 Å². The Morgan fingerprint density at radius 3 is 2.50 bits per heavy atom. The van der Waals surface area contributed by atoms with Crippen molar-refractivity contribution in [3.05, 3.63) is 29.6 Å². The Bertz CT molecular complexity index is 381. The summed E-state index contributed by atoms with van der Waals surface area (Å²) in [7, 11) is 0. The Kier molecular flexibility index (Phi) is 6.52. The molecule has 1 heterocycles. The van der Waals surface area contributed by atoms with Gasteiger partial charge in [-0.05, 0) is 49.8 Å². The number of pyridine rings is 1. The van der Waals surface area contributed by atoms with Crippen LogP contribution in [-0.2, 0) is 0 Å². The SMILES string of the molecule is CCCNC(c1cncc(C)c1)C1CCCCCCC1. The average molecular weight is 274 g/mol. The third-order valence-corrected chi connectivity index (χ3v) is 4.49. The Hall–Kier alpha value is -0.890. The Morgan fingerprint density at radius 1 is 1.15 bits per heavy atom. The van der Waals surface area contributed by atoms with E-state index < -0.39 is 0 Å². The van der Waals surface area contributed by atoms with E-state index in [1.807, 2.05) is 6.20 Å². The molecule has 20 heavy (non-hydrogen) atoms. The van der Waals surface area contributed by atoms with E-state index in [1.165, 1.54) is 62.5 Å². The maximum Gasteiger partial charge on any atom is 0.0364 e. The summed E-state index contributed by atoms with van der Waals surface area (Å²) in [6.45, 7) is 5.50. The third kappa shape index (κ3) is 4.59. The quantitative estimate of drug-likeness (QED) is 0.835. The summed E-state index contributed by atoms with van der Waals surface area (Å²) in [5, 5.41) is 3.79. The van der Waals surface area contributed by atoms with E-state index in [2.05, 4.69) is 36.4 Å². The van der Waals surface area contributed by atoms with Crippen molar-refractivity contribution in [3.8, 4) is 0 Å². The molecule has 1 saturated carbocycles. The van der Waals surface area contributed by atoms with Crippen LogP contribution in [0.2, 0.25) is 0 Å². The van der Waals surface area contributed by atoms with Crippen molar-refractivity contribution in [2.24, 2.45) is 5.92 Å². The van der Waals surface area contributed by atoms with Gasteiger partial charge in [0.05, 0.1) is 0 Å². The molecule has 0 aromatic carbocycles. The van der Waals surface area contributed by atoms with Crippen molar-refractivity contribution in [1.29, 1.82) is 0 Å². The Morgan fingerprint density at radius 2 is 1.85 bits per heavy atom. The maximum absolute atomic E-state index is 4.41. The Balaban J connectivity index is 2.12. The van der Waals surface area contributed by atoms with Gasteiger partial charge in [-0.2, -0.15) is 0 Å². The van der Waals surface area contributed by atoms with Gasteiger partial charge in [0, 0.05) is 18.4 Å². The molecule has 1 aromatic heterocycles. The molecule has 1 aliphatic rings. The molecule has 2 heteroatoms. The van der Waals surface area contributed by atoms with Crippen LogP contribution in [0.1, 0.15) is 75.5 Å². The van der Waals surface area contributed by atoms with Gasteiger partial charge in [-0.25, -0.2) is 0 Å². The van der Waals surface area contributed by atoms with Gasteiger partial charge >= 0.3 is 0 Å². The second-order valence-electron chi connectivity index (χ2n) is 6.33. The highest BCUT2D eigenvalue weighted by Gasteiger charge is 2.23. The number of aromatic nitrogens is 1. The van der Waals surface area contributed by atoms with Crippen molar-refractivity contribution >= 4 is 0 Å². The summed E-state index contributed by atoms with van der Waals surface area (Å²) in [6, 6.07) is 2.82. The van der Waals surface area contributed by atoms with Crippen molar-refractivity contribution in [1.82, 2.24) is 10.3 Å². The molecule has 1 fully saturated rings. The molecule has 0 spiro atoms. The van der Waals surface area contributed by atoms with Crippen LogP contribution in [0.3, 0.4) is 0 Å². The smallest absolute Gasteiger partial charge is 0.0364 e. The molecule has 1 aromatic rings. The lowest BCUT2D eigenvalue weighted by molar-refractivity contribution is 0.288. The maximum atomic E-state index is 4.41. The number of hydrogen-bond acceptors (Lipinski definition) is 2. The number of hydrogen-bond donors (Lipinski definition) is 1. The van der Waals surface area contributed by atoms with Crippen LogP contribution in [0.5, 0.6) is 0 Å². The minimum atomic E-state index is 0.500. The fraction of sp³-hybridized carbons (Fsp3) is 0.722. The van der Waals surface area contributed by atoms with Crippen LogP contribution in [0.4, 0.5) is 0 Å². The van der Waals surface area contributed by atoms with Gasteiger partial charge < -0.3 is 5.32 Å². The zero-order chi connectivity index (χ0) is 14.2. The predicted octanol–water partition coefficient (Wildman–Crippen LogP) is 4.79. The molecule has 2 rings (SSSR count). The number of nitrogens with one attached hydrogen (secondary N) is 1. The van der Waals surface area contributed by atoms with Crippen LogP contribution >= 0.6 is 0 Å². The second kappa shape index (κ2) is 8.41. The van der Waals surface area contributed by atoms with Gasteiger partial charge in [0.15, 0.2) is 0 Å². The lowest BCUT2D eigenvalue weighted by Gasteiger charge is -2.30. The number of rotatable bonds is 5. The zero-order valence-electron chi connectivity index (χ0n) is 13.2. The lowest BCUT2D eigenvalue weighted by atomic mass is 9.83. The second-order valence-corrected chi connectivity index (χ2v) is 6.33. The molecule has 0 saturated heterocycles. The van der Waals surface area contributed by atoms with Crippen LogP contribution in [0.15, 0.2) is 18.5 Å². The molecular formula is C18H30N2. The highest BCUT2D eigenvalue weighted by Crippen LogP contribution is 2.33. The summed E-state index contributed by atoms with van der Waals surface area (Å²) < 4.78 is 0. The molecule has 2 nitrogen and oxygen atoms in total. The normalized spacial score (nSPS) is 19.3. The van der Waals surface area contributed by atoms with Gasteiger partial charge in [0.1, 0.15) is 0 Å². The van der Waals surface area contributed by atoms with E-state index >= 15 is 0 Å². The lowest BCUT2D eigenvalue weighted by Crippen LogP contribution is -2.29. The molecule has 112 valence electrons. The summed E-state index contributed by atoms with van der Waals surface area (Å²) in [4.78, 5) is 4.41. The molecule has 1 atom stereocenters. The Labute approximate surface area is 124 Å². The van der Waals surface area contributed by atoms with E-state index in [-0.39, 0.29) is 0 Å². The highest BCUT2D eigenvalue weighted by molar-refractivity contribution is 5.21. The largest absolute Gasteiger partial charge is 0.310 e. The molecule has 0 aliphatic heterocycles. The van der Waals surface area contributed by atoms with Crippen molar-refractivity contribution in [2.45, 2.75) is 71.3 Å². The molecule has 1 unspecified atom stereocenters. The topological polar surface area (TPSA) is 24.9 Å². The average Bonchev–Trinajstić information content (AvgIpc) is 2.41. The number of aryl methyl sites for hydroxylation is 1. The minimum absolute atomic E-state index is 0.500. The van der Waals surface area contributed by atoms with Crippen LogP contribution in [0.25, 0.3) is 0 Å². The van der Waals surface area contributed by atoms with Gasteiger partial charge in [-0.15, -0.1) is 0 Å². The van der Waals surface area contributed by atoms with E-state index in [9.17, 15) is 0 Å². The van der Waals surface area contributed by atoms with Gasteiger partial charge in [-0.3, -0.25) is 4.98 Å². The standard InChI is InChI=1S/C18H30N2/c1-3-11-20-18(17-12-15(2)13-19-14-17)16-9-7-5-4-6-8-10-16/h12-14,16,18,20H,3-11H2,1-2H3. The van der Waals surface area contributed by atoms with Gasteiger partial charge in [0.2, 0.25) is 0 Å². The van der Waals surface area contributed by atoms with E-state index in [4.69, 9.17) is 0 Å². The summed E-state index contributed by atoms with van der Waals surface area (Å²) in [6.07, 6.45) is 15.0. The van der Waals surface area contributed by atoms with Crippen molar-refractivity contribution in [3.63, 3.8) is 0 Å². The summed E-state index contributed by atoms with van der Waals surface area (Å²) in [5.41, 5.74) is 2.67. The fourth-order valence-electron chi connectivity index (χ4n) is 3.43. The van der Waals surface area contributed by atoms with E-state index in [1.54, 1.807) is 0 Å². The monoisotopic (exact) mass is 274 g/mol. The first-order valence-corrected chi connectivity index (χ1v) is 8.46. The number of nitrogens with zero attached hydrogens (tertiary/aromatic N) is 1. The predicted molar refractivity (Wildman–Crippen MR) is 85.8 cm³/mol. The first-order valence-electron chi connectivity index (χ1n) is 8.46. The molecule has 0 radical (unpaired) electrons. The first kappa shape index (κ1) is 15.5. The molecular weight excluding hydrogens is 244 g/mol. The van der Waals surface area contributed by atoms with Gasteiger partial charge in [0.25, 0.3) is 0 Å². The molecule has 0 amide bonds. The molecule has 1 N–H and O–H groups in total. The first-order chi connectivity index (χ1) is 9.81. The van der Waals surface area contributed by atoms with Crippen molar-refractivity contribution in [2.75, 3.05) is 6.54 Å².